The molecule has 1 heterocycles. The second-order valence-corrected chi connectivity index (χ2v) is 8.78. The van der Waals surface area contributed by atoms with Crippen LogP contribution >= 0.6 is 11.6 Å². The van der Waals surface area contributed by atoms with Gasteiger partial charge in [-0.2, -0.15) is 0 Å². The van der Waals surface area contributed by atoms with E-state index in [1.807, 2.05) is 66.7 Å². The fraction of sp³-hybridized carbons (Fsp3) is 0.296. The van der Waals surface area contributed by atoms with Gasteiger partial charge in [0.05, 0.1) is 12.7 Å². The van der Waals surface area contributed by atoms with E-state index in [-0.39, 0.29) is 0 Å². The highest BCUT2D eigenvalue weighted by Crippen LogP contribution is 2.39. The number of piperidine rings is 1. The Morgan fingerprint density at radius 2 is 1.76 bits per heavy atom. The highest BCUT2D eigenvalue weighted by Gasteiger charge is 2.33. The van der Waals surface area contributed by atoms with Gasteiger partial charge in [-0.05, 0) is 53.8 Å². The lowest BCUT2D eigenvalue weighted by Crippen LogP contribution is -2.43. The summed E-state index contributed by atoms with van der Waals surface area (Å²) < 4.78 is 11.8. The zero-order chi connectivity index (χ0) is 23.3. The molecule has 3 aromatic carbocycles. The molecule has 0 amide bonds. The Kier molecular flexibility index (Phi) is 7.33. The van der Waals surface area contributed by atoms with Crippen LogP contribution in [0.15, 0.2) is 66.7 Å². The molecule has 3 aromatic rings. The average molecular weight is 465 g/mol. The summed E-state index contributed by atoms with van der Waals surface area (Å²) in [6.45, 7) is 2.83. The van der Waals surface area contributed by atoms with Crippen molar-refractivity contribution >= 4 is 17.8 Å². The molecule has 0 aliphatic carbocycles. The minimum Gasteiger partial charge on any atom is -0.493 e. The largest absolute Gasteiger partial charge is 0.493 e. The molecule has 0 spiro atoms. The van der Waals surface area contributed by atoms with Crippen LogP contribution in [-0.2, 0) is 5.60 Å². The van der Waals surface area contributed by atoms with Crippen LogP contribution < -0.4 is 9.47 Å². The summed E-state index contributed by atoms with van der Waals surface area (Å²) in [5.74, 6) is 1.30. The number of nitrogens with one attached hydrogen (secondary N) is 1. The maximum atomic E-state index is 11.1. The zero-order valence-corrected chi connectivity index (χ0v) is 19.5. The molecular formula is C27H29ClN2O3. The van der Waals surface area contributed by atoms with E-state index in [2.05, 4.69) is 4.90 Å². The van der Waals surface area contributed by atoms with Crippen LogP contribution in [0.5, 0.6) is 11.5 Å². The molecule has 0 radical (unpaired) electrons. The molecule has 1 aliphatic heterocycles. The molecule has 33 heavy (non-hydrogen) atoms. The Balaban J connectivity index is 1.42. The summed E-state index contributed by atoms with van der Waals surface area (Å²) in [6.07, 6.45) is 2.65. The Morgan fingerprint density at radius 1 is 1.06 bits per heavy atom. The fourth-order valence-corrected chi connectivity index (χ4v) is 4.44. The number of benzene rings is 3. The van der Waals surface area contributed by atoms with Crippen LogP contribution in [0.4, 0.5) is 0 Å². The van der Waals surface area contributed by atoms with Gasteiger partial charge in [-0.25, -0.2) is 0 Å². The van der Waals surface area contributed by atoms with Crippen molar-refractivity contribution in [2.75, 3.05) is 33.4 Å². The van der Waals surface area contributed by atoms with E-state index < -0.39 is 5.60 Å². The van der Waals surface area contributed by atoms with Crippen LogP contribution in [0, 0.1) is 5.41 Å². The fourth-order valence-electron chi connectivity index (χ4n) is 4.31. The van der Waals surface area contributed by atoms with Crippen LogP contribution in [0.3, 0.4) is 0 Å². The van der Waals surface area contributed by atoms with Gasteiger partial charge in [0.1, 0.15) is 6.61 Å². The smallest absolute Gasteiger partial charge is 0.169 e. The topological polar surface area (TPSA) is 65.8 Å². The predicted octanol–water partition coefficient (Wildman–Crippen LogP) is 5.38. The molecule has 0 unspecified atom stereocenters. The summed E-state index contributed by atoms with van der Waals surface area (Å²) in [5, 5.41) is 19.4. The van der Waals surface area contributed by atoms with Gasteiger partial charge in [0.25, 0.3) is 0 Å². The summed E-state index contributed by atoms with van der Waals surface area (Å²) in [6, 6.07) is 21.3. The molecule has 6 heteroatoms. The number of hydrogen-bond acceptors (Lipinski definition) is 5. The van der Waals surface area contributed by atoms with E-state index in [0.717, 1.165) is 41.9 Å². The average Bonchev–Trinajstić information content (AvgIpc) is 2.86. The molecule has 0 aromatic heterocycles. The number of halogens is 1. The van der Waals surface area contributed by atoms with Crippen molar-refractivity contribution < 1.29 is 14.6 Å². The van der Waals surface area contributed by atoms with Crippen molar-refractivity contribution in [2.45, 2.75) is 18.4 Å². The first-order valence-corrected chi connectivity index (χ1v) is 11.5. The third-order valence-electron chi connectivity index (χ3n) is 6.27. The standard InChI is InChI=1S/C27H29ClN2O3/c1-32-25-18-20(19-29)17-24(21-5-3-2-4-6-21)26(25)33-16-15-30-13-11-27(31,12-14-30)22-7-9-23(28)10-8-22/h2-10,17-19,29,31H,11-16H2,1H3. The zero-order valence-electron chi connectivity index (χ0n) is 18.8. The van der Waals surface area contributed by atoms with Gasteiger partial charge in [-0.3, -0.25) is 4.90 Å². The lowest BCUT2D eigenvalue weighted by molar-refractivity contribution is -0.0278. The Morgan fingerprint density at radius 3 is 2.39 bits per heavy atom. The monoisotopic (exact) mass is 464 g/mol. The van der Waals surface area contributed by atoms with Crippen LogP contribution in [0.25, 0.3) is 11.1 Å². The third kappa shape index (κ3) is 5.38. The van der Waals surface area contributed by atoms with Crippen molar-refractivity contribution in [2.24, 2.45) is 0 Å². The molecule has 0 bridgehead atoms. The molecular weight excluding hydrogens is 436 g/mol. The van der Waals surface area contributed by atoms with Gasteiger partial charge < -0.3 is 20.0 Å². The third-order valence-corrected chi connectivity index (χ3v) is 6.52. The van der Waals surface area contributed by atoms with Gasteiger partial charge >= 0.3 is 0 Å². The van der Waals surface area contributed by atoms with Gasteiger partial charge in [0, 0.05) is 36.4 Å². The lowest BCUT2D eigenvalue weighted by atomic mass is 9.84. The normalized spacial score (nSPS) is 15.7. The van der Waals surface area contributed by atoms with E-state index in [0.29, 0.717) is 36.0 Å². The van der Waals surface area contributed by atoms with E-state index in [9.17, 15) is 5.11 Å². The molecule has 1 fully saturated rings. The van der Waals surface area contributed by atoms with E-state index in [1.165, 1.54) is 6.21 Å². The Hall–Kier alpha value is -2.86. The number of ether oxygens (including phenoxy) is 2. The second kappa shape index (κ2) is 10.4. The van der Waals surface area contributed by atoms with Crippen molar-refractivity contribution in [1.29, 1.82) is 5.41 Å². The van der Waals surface area contributed by atoms with Crippen LogP contribution in [-0.4, -0.2) is 49.6 Å². The minimum absolute atomic E-state index is 0.500. The second-order valence-electron chi connectivity index (χ2n) is 8.34. The van der Waals surface area contributed by atoms with Gasteiger partial charge in [0.2, 0.25) is 0 Å². The van der Waals surface area contributed by atoms with Gasteiger partial charge in [-0.1, -0.05) is 54.1 Å². The Labute approximate surface area is 200 Å². The van der Waals surface area contributed by atoms with Gasteiger partial charge in [-0.15, -0.1) is 0 Å². The summed E-state index contributed by atoms with van der Waals surface area (Å²) in [4.78, 5) is 2.31. The molecule has 2 N–H and O–H groups in total. The molecule has 4 rings (SSSR count). The highest BCUT2D eigenvalue weighted by molar-refractivity contribution is 6.30. The number of rotatable bonds is 8. The first-order chi connectivity index (χ1) is 16.0. The Bertz CT molecular complexity index is 1080. The number of aliphatic hydroxyl groups is 1. The minimum atomic E-state index is -0.811. The lowest BCUT2D eigenvalue weighted by Gasteiger charge is -2.38. The van der Waals surface area contributed by atoms with Gasteiger partial charge in [0.15, 0.2) is 11.5 Å². The maximum absolute atomic E-state index is 11.1. The van der Waals surface area contributed by atoms with E-state index >= 15 is 0 Å². The molecule has 1 saturated heterocycles. The first-order valence-electron chi connectivity index (χ1n) is 11.1. The molecule has 0 atom stereocenters. The number of likely N-dealkylation sites (tertiary alicyclic amines) is 1. The van der Waals surface area contributed by atoms with Crippen LogP contribution in [0.1, 0.15) is 24.0 Å². The maximum Gasteiger partial charge on any atom is 0.169 e. The molecule has 1 aliphatic rings. The molecule has 5 nitrogen and oxygen atoms in total. The number of hydrogen-bond donors (Lipinski definition) is 2. The number of methoxy groups -OCH3 is 1. The SMILES string of the molecule is COc1cc(C=N)cc(-c2ccccc2)c1OCCN1CCC(O)(c2ccc(Cl)cc2)CC1. The van der Waals surface area contributed by atoms with Crippen molar-refractivity contribution in [3.8, 4) is 22.6 Å². The summed E-state index contributed by atoms with van der Waals surface area (Å²) in [7, 11) is 1.62. The summed E-state index contributed by atoms with van der Waals surface area (Å²) >= 11 is 5.99. The van der Waals surface area contributed by atoms with E-state index in [4.69, 9.17) is 26.5 Å². The summed E-state index contributed by atoms with van der Waals surface area (Å²) in [5.41, 5.74) is 2.79. The van der Waals surface area contributed by atoms with Crippen molar-refractivity contribution in [1.82, 2.24) is 4.90 Å². The van der Waals surface area contributed by atoms with Crippen molar-refractivity contribution in [3.63, 3.8) is 0 Å². The van der Waals surface area contributed by atoms with Crippen LogP contribution in [0.2, 0.25) is 5.02 Å². The van der Waals surface area contributed by atoms with E-state index in [1.54, 1.807) is 7.11 Å². The first kappa shape index (κ1) is 23.3. The highest BCUT2D eigenvalue weighted by atomic mass is 35.5. The number of nitrogens with zero attached hydrogens (tertiary/aromatic N) is 1. The quantitative estimate of drug-likeness (QED) is 0.439. The predicted molar refractivity (Wildman–Crippen MR) is 133 cm³/mol. The molecule has 172 valence electrons. The molecule has 0 saturated carbocycles. The van der Waals surface area contributed by atoms with Crippen molar-refractivity contribution in [3.05, 3.63) is 82.9 Å².